The van der Waals surface area contributed by atoms with Crippen LogP contribution < -0.4 is 10.6 Å². The Morgan fingerprint density at radius 2 is 1.89 bits per heavy atom. The van der Waals surface area contributed by atoms with E-state index >= 15 is 0 Å². The van der Waals surface area contributed by atoms with Gasteiger partial charge in [0.15, 0.2) is 7.11 Å². The van der Waals surface area contributed by atoms with Crippen LogP contribution >= 0.6 is 11.6 Å². The zero-order valence-electron chi connectivity index (χ0n) is 20.7. The summed E-state index contributed by atoms with van der Waals surface area (Å²) in [5.74, 6) is -2.83. The van der Waals surface area contributed by atoms with E-state index in [9.17, 15) is 14.4 Å². The second kappa shape index (κ2) is 10.2. The summed E-state index contributed by atoms with van der Waals surface area (Å²) in [6.07, 6.45) is 0. The van der Waals surface area contributed by atoms with E-state index in [0.29, 0.717) is 26.8 Å². The Morgan fingerprint density at radius 1 is 1.23 bits per heavy atom. The number of nitrogens with one attached hydrogen (secondary N) is 2. The van der Waals surface area contributed by atoms with Gasteiger partial charge in [0.1, 0.15) is 12.1 Å². The maximum atomic E-state index is 13.5. The first-order valence-corrected chi connectivity index (χ1v) is 11.2. The molecule has 2 aromatic carbocycles. The minimum absolute atomic E-state index is 0.0653. The van der Waals surface area contributed by atoms with Crippen LogP contribution in [0.3, 0.4) is 0 Å². The first-order chi connectivity index (χ1) is 16.8. The molecule has 0 saturated carbocycles. The van der Waals surface area contributed by atoms with E-state index in [2.05, 4.69) is 16.5 Å². The minimum Gasteiger partial charge on any atom is -0.480 e. The lowest BCUT2D eigenvalue weighted by Crippen LogP contribution is -2.56. The van der Waals surface area contributed by atoms with Crippen molar-refractivity contribution in [2.75, 3.05) is 0 Å². The van der Waals surface area contributed by atoms with Crippen molar-refractivity contribution in [1.82, 2.24) is 20.4 Å². The average molecular weight is 497 g/mol. The Bertz CT molecular complexity index is 1360. The van der Waals surface area contributed by atoms with Gasteiger partial charge in [0.05, 0.1) is 28.7 Å². The van der Waals surface area contributed by atoms with Crippen LogP contribution in [-0.2, 0) is 16.1 Å². The van der Waals surface area contributed by atoms with Crippen molar-refractivity contribution in [3.63, 3.8) is 0 Å². The van der Waals surface area contributed by atoms with Gasteiger partial charge in [-0.25, -0.2) is 0 Å². The minimum atomic E-state index is -1.30. The van der Waals surface area contributed by atoms with Crippen molar-refractivity contribution in [2.24, 2.45) is 5.41 Å². The first-order valence-electron chi connectivity index (χ1n) is 11.3. The number of nitrogens with zero attached hydrogens (tertiary/aromatic N) is 3. The highest BCUT2D eigenvalue weighted by Crippen LogP contribution is 2.28. The first kappa shape index (κ1) is 24.2. The summed E-state index contributed by atoms with van der Waals surface area (Å²) in [7, 11) is 0. The predicted molar refractivity (Wildman–Crippen MR) is 131 cm³/mol. The van der Waals surface area contributed by atoms with Gasteiger partial charge in [-0.15, -0.1) is 0 Å². The number of carbonyl (C=O) groups is 3. The van der Waals surface area contributed by atoms with E-state index < -0.39 is 35.3 Å². The Kier molecular flexibility index (Phi) is 7.03. The molecule has 0 aliphatic heterocycles. The summed E-state index contributed by atoms with van der Waals surface area (Å²) in [6.45, 7) is 6.58. The number of benzene rings is 2. The summed E-state index contributed by atoms with van der Waals surface area (Å²) in [5.41, 5.74) is 0.847. The van der Waals surface area contributed by atoms with Crippen LogP contribution in [0.2, 0.25) is 6.43 Å². The van der Waals surface area contributed by atoms with Crippen LogP contribution in [-0.4, -0.2) is 44.8 Å². The van der Waals surface area contributed by atoms with Crippen molar-refractivity contribution in [3.8, 4) is 6.07 Å². The summed E-state index contributed by atoms with van der Waals surface area (Å²) in [6, 6.07) is 11.4. The summed E-state index contributed by atoms with van der Waals surface area (Å²) in [4.78, 5) is 37.7. The number of aliphatic carboxylic acids is 1. The molecule has 3 aromatic rings. The standard InChI is InChI=1S/C25H26ClN5O4/c1-14(24(34)35)28-23(33)21(25(2,3)4)29-22(32)19-17-6-5-7-18(26)20(17)31(30-19)13-16-10-8-15(12-27)9-11-16/h5-11,14,21H,13H2,1-4H3,(H,28,33)(H,29,32)(H,34,35)/t14-,21+/m0/s1/i/hD. The number of halogens is 1. The zero-order valence-corrected chi connectivity index (χ0v) is 20.5. The van der Waals surface area contributed by atoms with Gasteiger partial charge in [0.2, 0.25) is 5.91 Å². The summed E-state index contributed by atoms with van der Waals surface area (Å²) < 4.78 is 10.1. The molecule has 0 fully saturated rings. The molecule has 0 unspecified atom stereocenters. The van der Waals surface area contributed by atoms with Gasteiger partial charge in [0, 0.05) is 5.39 Å². The fourth-order valence-electron chi connectivity index (χ4n) is 3.50. The molecule has 2 amide bonds. The quantitative estimate of drug-likeness (QED) is 0.458. The topological polar surface area (TPSA) is 137 Å². The average Bonchev–Trinajstić information content (AvgIpc) is 3.17. The highest BCUT2D eigenvalue weighted by Gasteiger charge is 2.35. The van der Waals surface area contributed by atoms with E-state index in [1.165, 1.54) is 6.92 Å². The number of fused-ring (bicyclic) bond motifs is 1. The molecule has 0 spiro atoms. The van der Waals surface area contributed by atoms with Crippen LogP contribution in [0.1, 0.15) is 49.3 Å². The Labute approximate surface area is 209 Å². The van der Waals surface area contributed by atoms with E-state index in [4.69, 9.17) is 23.4 Å². The molecule has 3 N–H and O–H groups in total. The molecular weight excluding hydrogens is 470 g/mol. The lowest BCUT2D eigenvalue weighted by atomic mass is 9.85. The van der Waals surface area contributed by atoms with Crippen LogP contribution in [0.5, 0.6) is 0 Å². The molecular formula is C25H26ClN5O4. The smallest absolute Gasteiger partial charge is 0.325 e. The molecule has 0 aliphatic rings. The van der Waals surface area contributed by atoms with Gasteiger partial charge >= 0.3 is 5.97 Å². The number of aromatic nitrogens is 2. The number of carboxylic acid groups (broad SMARTS) is 1. The lowest BCUT2D eigenvalue weighted by molar-refractivity contribution is -0.142. The van der Waals surface area contributed by atoms with Crippen LogP contribution in [0.15, 0.2) is 42.5 Å². The monoisotopic (exact) mass is 496 g/mol. The number of amides is 2. The molecule has 1 heterocycles. The molecule has 3 rings (SSSR count). The van der Waals surface area contributed by atoms with Gasteiger partial charge in [-0.3, -0.25) is 19.1 Å². The number of nitriles is 1. The molecule has 0 bridgehead atoms. The third kappa shape index (κ3) is 5.78. The van der Waals surface area contributed by atoms with Crippen molar-refractivity contribution in [3.05, 3.63) is 64.3 Å². The summed E-state index contributed by atoms with van der Waals surface area (Å²) in [5, 5.41) is 26.3. The molecule has 1 aromatic heterocycles. The molecule has 35 heavy (non-hydrogen) atoms. The van der Waals surface area contributed by atoms with E-state index in [1.54, 1.807) is 67.9 Å². The Balaban J connectivity index is 2.02. The Hall–Kier alpha value is -3.90. The second-order valence-electron chi connectivity index (χ2n) is 9.22. The molecule has 2 atom stereocenters. The third-order valence-corrected chi connectivity index (χ3v) is 5.69. The fourth-order valence-corrected chi connectivity index (χ4v) is 3.77. The molecule has 10 heteroatoms. The van der Waals surface area contributed by atoms with Crippen molar-refractivity contribution < 1.29 is 20.9 Å². The SMILES string of the molecule is [2H]N(C(=O)c1nn(Cc2ccc(C#N)cc2)c2c(Cl)cccc12)[C@H](C(=O)N[C@@H](C)C(=O)O)C(C)(C)C. The van der Waals surface area contributed by atoms with E-state index in [-0.39, 0.29) is 12.2 Å². The Morgan fingerprint density at radius 3 is 2.46 bits per heavy atom. The number of carboxylic acids is 1. The van der Waals surface area contributed by atoms with Crippen LogP contribution in [0.25, 0.3) is 10.9 Å². The highest BCUT2D eigenvalue weighted by atomic mass is 35.5. The van der Waals surface area contributed by atoms with Crippen molar-refractivity contribution >= 4 is 40.3 Å². The van der Waals surface area contributed by atoms with E-state index in [0.717, 1.165) is 5.56 Å². The molecule has 0 saturated heterocycles. The van der Waals surface area contributed by atoms with Crippen molar-refractivity contribution in [1.29, 1.82) is 5.26 Å². The van der Waals surface area contributed by atoms with Crippen molar-refractivity contribution in [2.45, 2.75) is 46.3 Å². The predicted octanol–water partition coefficient (Wildman–Crippen LogP) is 3.34. The van der Waals surface area contributed by atoms with E-state index in [1.807, 2.05) is 0 Å². The molecule has 0 radical (unpaired) electrons. The normalized spacial score (nSPS) is 13.4. The third-order valence-electron chi connectivity index (χ3n) is 5.38. The molecule has 9 nitrogen and oxygen atoms in total. The number of hydrogen-bond acceptors (Lipinski definition) is 5. The maximum absolute atomic E-state index is 13.5. The zero-order chi connectivity index (χ0) is 26.8. The molecule has 0 aliphatic carbocycles. The second-order valence-corrected chi connectivity index (χ2v) is 9.63. The van der Waals surface area contributed by atoms with Crippen LogP contribution in [0.4, 0.5) is 0 Å². The highest BCUT2D eigenvalue weighted by molar-refractivity contribution is 6.35. The van der Waals surface area contributed by atoms with Gasteiger partial charge in [0.25, 0.3) is 5.91 Å². The maximum Gasteiger partial charge on any atom is 0.325 e. The number of rotatable bonds is 7. The van der Waals surface area contributed by atoms with Gasteiger partial charge in [-0.2, -0.15) is 10.4 Å². The number of hydrogen-bond donors (Lipinski definition) is 3. The largest absolute Gasteiger partial charge is 0.480 e. The van der Waals surface area contributed by atoms with Crippen LogP contribution in [0, 0.1) is 16.7 Å². The van der Waals surface area contributed by atoms with Gasteiger partial charge in [-0.05, 0) is 36.1 Å². The summed E-state index contributed by atoms with van der Waals surface area (Å²) >= 11 is 6.45. The number of para-hydroxylation sites is 1. The lowest BCUT2D eigenvalue weighted by Gasteiger charge is -2.30. The fraction of sp³-hybridized carbons (Fsp3) is 0.320. The number of carbonyl (C=O) groups excluding carboxylic acids is 2. The van der Waals surface area contributed by atoms with Gasteiger partial charge in [-0.1, -0.05) is 56.6 Å². The molecule has 182 valence electrons. The van der Waals surface area contributed by atoms with Gasteiger partial charge < -0.3 is 15.7 Å².